The van der Waals surface area contributed by atoms with Gasteiger partial charge in [0, 0.05) is 19.1 Å². The highest BCUT2D eigenvalue weighted by Gasteiger charge is 2.24. The summed E-state index contributed by atoms with van der Waals surface area (Å²) in [6.07, 6.45) is 2.26. The lowest BCUT2D eigenvalue weighted by Crippen LogP contribution is -2.49. The number of piperidine rings is 1. The Balaban J connectivity index is 1.60. The van der Waals surface area contributed by atoms with E-state index in [-0.39, 0.29) is 36.9 Å². The molecule has 1 aliphatic heterocycles. The smallest absolute Gasteiger partial charge is 0.409 e. The number of rotatable bonds is 7. The van der Waals surface area contributed by atoms with Gasteiger partial charge in [-0.2, -0.15) is 0 Å². The summed E-state index contributed by atoms with van der Waals surface area (Å²) in [4.78, 5) is 48.5. The van der Waals surface area contributed by atoms with Gasteiger partial charge >= 0.3 is 6.09 Å². The average Bonchev–Trinajstić information content (AvgIpc) is 3.20. The minimum Gasteiger partial charge on any atom is -0.459 e. The van der Waals surface area contributed by atoms with E-state index in [2.05, 4.69) is 16.0 Å². The molecule has 27 heavy (non-hydrogen) atoms. The fourth-order valence-corrected chi connectivity index (χ4v) is 2.60. The lowest BCUT2D eigenvalue weighted by Gasteiger charge is -2.31. The van der Waals surface area contributed by atoms with Crippen molar-refractivity contribution in [2.45, 2.75) is 25.8 Å². The van der Waals surface area contributed by atoms with Crippen molar-refractivity contribution in [3.63, 3.8) is 0 Å². The summed E-state index contributed by atoms with van der Waals surface area (Å²) < 4.78 is 9.85. The highest BCUT2D eigenvalue weighted by Crippen LogP contribution is 2.11. The zero-order valence-corrected chi connectivity index (χ0v) is 15.2. The fraction of sp³-hybridized carbons (Fsp3) is 0.529. The zero-order chi connectivity index (χ0) is 19.6. The van der Waals surface area contributed by atoms with Gasteiger partial charge in [0.15, 0.2) is 5.76 Å². The minimum absolute atomic E-state index is 0.0567. The summed E-state index contributed by atoms with van der Waals surface area (Å²) in [6.45, 7) is 2.65. The topological polar surface area (TPSA) is 130 Å². The number of hydrogen-bond donors (Lipinski definition) is 3. The first kappa shape index (κ1) is 20.3. The summed E-state index contributed by atoms with van der Waals surface area (Å²) in [5.74, 6) is -1.21. The third-order valence-corrected chi connectivity index (χ3v) is 3.99. The molecule has 0 atom stereocenters. The van der Waals surface area contributed by atoms with E-state index in [0.717, 1.165) is 0 Å². The zero-order valence-electron chi connectivity index (χ0n) is 15.2. The summed E-state index contributed by atoms with van der Waals surface area (Å²) in [5, 5.41) is 7.64. The Morgan fingerprint density at radius 3 is 2.48 bits per heavy atom. The van der Waals surface area contributed by atoms with Gasteiger partial charge in [0.1, 0.15) is 0 Å². The SMILES string of the molecule is CCOC(=O)N1CCC(NC(=O)CNC(=O)CNC(=O)c2ccco2)CC1. The van der Waals surface area contributed by atoms with Crippen LogP contribution in [0, 0.1) is 0 Å². The van der Waals surface area contributed by atoms with Crippen molar-refractivity contribution in [2.75, 3.05) is 32.8 Å². The third kappa shape index (κ3) is 6.65. The summed E-state index contributed by atoms with van der Waals surface area (Å²) in [5.41, 5.74) is 0. The van der Waals surface area contributed by atoms with E-state index in [9.17, 15) is 19.2 Å². The van der Waals surface area contributed by atoms with Crippen LogP contribution in [0.5, 0.6) is 0 Å². The van der Waals surface area contributed by atoms with Gasteiger partial charge in [-0.15, -0.1) is 0 Å². The second kappa shape index (κ2) is 10.2. The van der Waals surface area contributed by atoms with Crippen molar-refractivity contribution in [3.8, 4) is 0 Å². The quantitative estimate of drug-likeness (QED) is 0.604. The number of carbonyl (C=O) groups excluding carboxylic acids is 4. The number of nitrogens with one attached hydrogen (secondary N) is 3. The Morgan fingerprint density at radius 1 is 1.15 bits per heavy atom. The van der Waals surface area contributed by atoms with Crippen molar-refractivity contribution in [1.82, 2.24) is 20.9 Å². The monoisotopic (exact) mass is 380 g/mol. The van der Waals surface area contributed by atoms with Crippen molar-refractivity contribution >= 4 is 23.8 Å². The molecule has 1 fully saturated rings. The fourth-order valence-electron chi connectivity index (χ4n) is 2.60. The second-order valence-corrected chi connectivity index (χ2v) is 5.96. The largest absolute Gasteiger partial charge is 0.459 e. The van der Waals surface area contributed by atoms with Gasteiger partial charge in [-0.3, -0.25) is 14.4 Å². The first-order chi connectivity index (χ1) is 13.0. The molecule has 10 nitrogen and oxygen atoms in total. The van der Waals surface area contributed by atoms with Gasteiger partial charge in [-0.1, -0.05) is 0 Å². The molecule has 1 aromatic heterocycles. The number of likely N-dealkylation sites (tertiary alicyclic amines) is 1. The molecule has 0 aliphatic carbocycles. The molecule has 0 radical (unpaired) electrons. The molecule has 0 saturated carbocycles. The number of amides is 4. The van der Waals surface area contributed by atoms with Crippen LogP contribution < -0.4 is 16.0 Å². The summed E-state index contributed by atoms with van der Waals surface area (Å²) in [7, 11) is 0. The molecule has 2 rings (SSSR count). The molecular formula is C17H24N4O6. The second-order valence-electron chi connectivity index (χ2n) is 5.96. The Hall–Kier alpha value is -3.04. The Bertz CT molecular complexity index is 652. The van der Waals surface area contributed by atoms with Gasteiger partial charge in [0.05, 0.1) is 26.0 Å². The van der Waals surface area contributed by atoms with Crippen LogP contribution in [0.4, 0.5) is 4.79 Å². The Morgan fingerprint density at radius 2 is 1.85 bits per heavy atom. The molecule has 4 amide bonds. The minimum atomic E-state index is -0.507. The number of carbonyl (C=O) groups is 4. The van der Waals surface area contributed by atoms with Crippen molar-refractivity contribution in [1.29, 1.82) is 0 Å². The van der Waals surface area contributed by atoms with E-state index in [0.29, 0.717) is 32.5 Å². The molecule has 0 aromatic carbocycles. The number of hydrogen-bond acceptors (Lipinski definition) is 6. The van der Waals surface area contributed by atoms with Crippen LogP contribution in [0.15, 0.2) is 22.8 Å². The molecule has 148 valence electrons. The molecule has 0 unspecified atom stereocenters. The number of nitrogens with zero attached hydrogens (tertiary/aromatic N) is 1. The van der Waals surface area contributed by atoms with Crippen LogP contribution in [-0.4, -0.2) is 67.5 Å². The Kier molecular flexibility index (Phi) is 7.65. The number of furan rings is 1. The average molecular weight is 380 g/mol. The van der Waals surface area contributed by atoms with Crippen molar-refractivity contribution in [3.05, 3.63) is 24.2 Å². The van der Waals surface area contributed by atoms with E-state index < -0.39 is 11.8 Å². The molecule has 10 heteroatoms. The van der Waals surface area contributed by atoms with Crippen LogP contribution in [0.2, 0.25) is 0 Å². The van der Waals surface area contributed by atoms with Crippen molar-refractivity contribution < 1.29 is 28.3 Å². The predicted molar refractivity (Wildman–Crippen MR) is 93.8 cm³/mol. The molecule has 0 bridgehead atoms. The first-order valence-corrected chi connectivity index (χ1v) is 8.79. The summed E-state index contributed by atoms with van der Waals surface area (Å²) >= 11 is 0. The first-order valence-electron chi connectivity index (χ1n) is 8.79. The molecule has 3 N–H and O–H groups in total. The summed E-state index contributed by atoms with van der Waals surface area (Å²) in [6, 6.07) is 2.99. The van der Waals surface area contributed by atoms with Gasteiger partial charge < -0.3 is 30.0 Å². The highest BCUT2D eigenvalue weighted by molar-refractivity contribution is 5.94. The predicted octanol–water partition coefficient (Wildman–Crippen LogP) is -0.137. The van der Waals surface area contributed by atoms with Crippen molar-refractivity contribution in [2.24, 2.45) is 0 Å². The van der Waals surface area contributed by atoms with Gasteiger partial charge in [0.25, 0.3) is 5.91 Å². The normalized spacial score (nSPS) is 14.3. The molecular weight excluding hydrogens is 356 g/mol. The highest BCUT2D eigenvalue weighted by atomic mass is 16.6. The molecule has 1 aliphatic rings. The van der Waals surface area contributed by atoms with Gasteiger partial charge in [0.2, 0.25) is 11.8 Å². The third-order valence-electron chi connectivity index (χ3n) is 3.99. The molecule has 0 spiro atoms. The maximum atomic E-state index is 11.9. The maximum Gasteiger partial charge on any atom is 0.409 e. The number of ether oxygens (including phenoxy) is 1. The van der Waals surface area contributed by atoms with Crippen LogP contribution in [0.1, 0.15) is 30.3 Å². The van der Waals surface area contributed by atoms with Crippen LogP contribution >= 0.6 is 0 Å². The molecule has 1 saturated heterocycles. The molecule has 2 heterocycles. The van der Waals surface area contributed by atoms with Crippen LogP contribution in [0.3, 0.4) is 0 Å². The maximum absolute atomic E-state index is 11.9. The lowest BCUT2D eigenvalue weighted by atomic mass is 10.1. The van der Waals surface area contributed by atoms with Gasteiger partial charge in [-0.05, 0) is 31.9 Å². The lowest BCUT2D eigenvalue weighted by molar-refractivity contribution is -0.126. The van der Waals surface area contributed by atoms with E-state index in [4.69, 9.17) is 9.15 Å². The van der Waals surface area contributed by atoms with Crippen LogP contribution in [-0.2, 0) is 14.3 Å². The van der Waals surface area contributed by atoms with E-state index in [1.807, 2.05) is 0 Å². The Labute approximate surface area is 156 Å². The standard InChI is InChI=1S/C17H24N4O6/c1-2-26-17(25)21-7-5-12(6-8-21)20-15(23)11-18-14(22)10-19-16(24)13-4-3-9-27-13/h3-4,9,12H,2,5-8,10-11H2,1H3,(H,18,22)(H,19,24)(H,20,23). The van der Waals surface area contributed by atoms with E-state index >= 15 is 0 Å². The van der Waals surface area contributed by atoms with E-state index in [1.54, 1.807) is 17.9 Å². The molecule has 1 aromatic rings. The van der Waals surface area contributed by atoms with Crippen LogP contribution in [0.25, 0.3) is 0 Å². The van der Waals surface area contributed by atoms with Gasteiger partial charge in [-0.25, -0.2) is 4.79 Å². The van der Waals surface area contributed by atoms with E-state index in [1.165, 1.54) is 12.3 Å².